The van der Waals surface area contributed by atoms with Crippen LogP contribution in [0.1, 0.15) is 25.3 Å². The Morgan fingerprint density at radius 3 is 2.58 bits per heavy atom. The van der Waals surface area contributed by atoms with E-state index >= 15 is 0 Å². The second kappa shape index (κ2) is 2.30. The van der Waals surface area contributed by atoms with E-state index in [1.807, 2.05) is 12.3 Å². The van der Waals surface area contributed by atoms with Crippen LogP contribution >= 0.6 is 0 Å². The lowest BCUT2D eigenvalue weighted by atomic mass is 10.1. The van der Waals surface area contributed by atoms with Crippen LogP contribution in [-0.2, 0) is 0 Å². The Morgan fingerprint density at radius 2 is 2.17 bits per heavy atom. The standard InChI is InChI=1S/C10H14N2/c1-10(2)8(9(10)11)7-4-3-5-12-6-7/h3-6,8-9H,11H2,1-2H3. The van der Waals surface area contributed by atoms with Gasteiger partial charge in [-0.15, -0.1) is 0 Å². The summed E-state index contributed by atoms with van der Waals surface area (Å²) >= 11 is 0. The van der Waals surface area contributed by atoms with Gasteiger partial charge in [-0.3, -0.25) is 4.98 Å². The average molecular weight is 162 g/mol. The fourth-order valence-electron chi connectivity index (χ4n) is 1.87. The van der Waals surface area contributed by atoms with Crippen molar-refractivity contribution in [2.24, 2.45) is 11.1 Å². The molecule has 1 saturated carbocycles. The van der Waals surface area contributed by atoms with E-state index in [0.29, 0.717) is 12.0 Å². The Labute approximate surface area is 72.8 Å². The molecule has 2 atom stereocenters. The molecule has 12 heavy (non-hydrogen) atoms. The summed E-state index contributed by atoms with van der Waals surface area (Å²) in [5, 5.41) is 0. The van der Waals surface area contributed by atoms with Crippen LogP contribution in [-0.4, -0.2) is 11.0 Å². The van der Waals surface area contributed by atoms with Gasteiger partial charge in [0, 0.05) is 24.4 Å². The van der Waals surface area contributed by atoms with Gasteiger partial charge in [0.15, 0.2) is 0 Å². The Balaban J connectivity index is 2.25. The molecule has 0 radical (unpaired) electrons. The summed E-state index contributed by atoms with van der Waals surface area (Å²) < 4.78 is 0. The summed E-state index contributed by atoms with van der Waals surface area (Å²) in [7, 11) is 0. The van der Waals surface area contributed by atoms with Gasteiger partial charge in [-0.1, -0.05) is 19.9 Å². The van der Waals surface area contributed by atoms with Gasteiger partial charge in [0.2, 0.25) is 0 Å². The summed E-state index contributed by atoms with van der Waals surface area (Å²) in [5.74, 6) is 0.506. The number of hydrogen-bond donors (Lipinski definition) is 1. The maximum absolute atomic E-state index is 5.95. The van der Waals surface area contributed by atoms with Crippen molar-refractivity contribution in [2.45, 2.75) is 25.8 Å². The number of aromatic nitrogens is 1. The van der Waals surface area contributed by atoms with E-state index in [2.05, 4.69) is 24.9 Å². The Bertz CT molecular complexity index is 279. The van der Waals surface area contributed by atoms with E-state index in [1.165, 1.54) is 5.56 Å². The molecule has 1 fully saturated rings. The van der Waals surface area contributed by atoms with Gasteiger partial charge in [-0.25, -0.2) is 0 Å². The first kappa shape index (κ1) is 7.74. The van der Waals surface area contributed by atoms with Gasteiger partial charge in [0.05, 0.1) is 0 Å². The summed E-state index contributed by atoms with van der Waals surface area (Å²) in [6.07, 6.45) is 3.71. The lowest BCUT2D eigenvalue weighted by molar-refractivity contribution is 0.598. The summed E-state index contributed by atoms with van der Waals surface area (Å²) in [4.78, 5) is 4.09. The van der Waals surface area contributed by atoms with Crippen LogP contribution in [0.5, 0.6) is 0 Å². The number of nitrogens with two attached hydrogens (primary N) is 1. The minimum atomic E-state index is 0.267. The van der Waals surface area contributed by atoms with E-state index in [0.717, 1.165) is 0 Å². The van der Waals surface area contributed by atoms with E-state index in [4.69, 9.17) is 5.73 Å². The summed E-state index contributed by atoms with van der Waals surface area (Å²) in [5.41, 5.74) is 7.49. The van der Waals surface area contributed by atoms with Gasteiger partial charge < -0.3 is 5.73 Å². The molecule has 1 aromatic rings. The molecule has 1 aromatic heterocycles. The van der Waals surface area contributed by atoms with E-state index in [1.54, 1.807) is 6.20 Å². The Hall–Kier alpha value is -0.890. The molecular weight excluding hydrogens is 148 g/mol. The molecule has 1 aliphatic rings. The first-order valence-corrected chi connectivity index (χ1v) is 4.29. The molecule has 1 heterocycles. The molecule has 2 heteroatoms. The number of rotatable bonds is 1. The number of pyridine rings is 1. The highest BCUT2D eigenvalue weighted by Gasteiger charge is 2.56. The molecule has 64 valence electrons. The van der Waals surface area contributed by atoms with Gasteiger partial charge in [-0.2, -0.15) is 0 Å². The number of nitrogens with zero attached hydrogens (tertiary/aromatic N) is 1. The van der Waals surface area contributed by atoms with Crippen molar-refractivity contribution in [3.8, 4) is 0 Å². The van der Waals surface area contributed by atoms with Gasteiger partial charge in [0.1, 0.15) is 0 Å². The van der Waals surface area contributed by atoms with Crippen molar-refractivity contribution in [1.29, 1.82) is 0 Å². The zero-order chi connectivity index (χ0) is 8.77. The predicted octanol–water partition coefficient (Wildman–Crippen LogP) is 1.53. The largest absolute Gasteiger partial charge is 0.327 e. The van der Waals surface area contributed by atoms with E-state index in [9.17, 15) is 0 Å². The SMILES string of the molecule is CC1(C)C(N)C1c1cccnc1. The molecule has 2 rings (SSSR count). The Kier molecular flexibility index (Phi) is 1.48. The van der Waals surface area contributed by atoms with E-state index < -0.39 is 0 Å². The fourth-order valence-corrected chi connectivity index (χ4v) is 1.87. The van der Waals surface area contributed by atoms with Gasteiger partial charge >= 0.3 is 0 Å². The molecule has 0 amide bonds. The molecule has 1 aliphatic carbocycles. The lowest BCUT2D eigenvalue weighted by Gasteiger charge is -2.00. The van der Waals surface area contributed by atoms with Crippen molar-refractivity contribution in [3.63, 3.8) is 0 Å². The number of hydrogen-bond acceptors (Lipinski definition) is 2. The third kappa shape index (κ3) is 0.950. The van der Waals surface area contributed by atoms with Gasteiger partial charge in [0.25, 0.3) is 0 Å². The maximum atomic E-state index is 5.95. The van der Waals surface area contributed by atoms with Crippen molar-refractivity contribution >= 4 is 0 Å². The first-order valence-electron chi connectivity index (χ1n) is 4.29. The van der Waals surface area contributed by atoms with Gasteiger partial charge in [-0.05, 0) is 17.0 Å². The molecule has 0 spiro atoms. The highest BCUT2D eigenvalue weighted by molar-refractivity contribution is 5.31. The monoisotopic (exact) mass is 162 g/mol. The van der Waals surface area contributed by atoms with Crippen LogP contribution in [0.3, 0.4) is 0 Å². The van der Waals surface area contributed by atoms with Crippen molar-refractivity contribution in [1.82, 2.24) is 4.98 Å². The molecule has 0 aliphatic heterocycles. The smallest absolute Gasteiger partial charge is 0.0303 e. The fraction of sp³-hybridized carbons (Fsp3) is 0.500. The van der Waals surface area contributed by atoms with Crippen LogP contribution in [0.25, 0.3) is 0 Å². The normalized spacial score (nSPS) is 31.6. The zero-order valence-corrected chi connectivity index (χ0v) is 7.49. The second-order valence-corrected chi connectivity index (χ2v) is 4.11. The van der Waals surface area contributed by atoms with Crippen molar-refractivity contribution < 1.29 is 0 Å². The third-order valence-corrected chi connectivity index (χ3v) is 2.95. The van der Waals surface area contributed by atoms with Crippen LogP contribution < -0.4 is 5.73 Å². The highest BCUT2D eigenvalue weighted by Crippen LogP contribution is 2.56. The minimum absolute atomic E-state index is 0.267. The lowest BCUT2D eigenvalue weighted by Crippen LogP contribution is -2.06. The maximum Gasteiger partial charge on any atom is 0.0303 e. The molecule has 0 aromatic carbocycles. The van der Waals surface area contributed by atoms with Crippen LogP contribution in [0.2, 0.25) is 0 Å². The van der Waals surface area contributed by atoms with Crippen LogP contribution in [0.15, 0.2) is 24.5 Å². The molecular formula is C10H14N2. The average Bonchev–Trinajstić information content (AvgIpc) is 2.53. The molecule has 2 nitrogen and oxygen atoms in total. The van der Waals surface area contributed by atoms with Crippen LogP contribution in [0.4, 0.5) is 0 Å². The zero-order valence-electron chi connectivity index (χ0n) is 7.49. The minimum Gasteiger partial charge on any atom is -0.327 e. The molecule has 0 bridgehead atoms. The molecule has 2 N–H and O–H groups in total. The molecule has 2 unspecified atom stereocenters. The molecule has 0 saturated heterocycles. The quantitative estimate of drug-likeness (QED) is 0.680. The van der Waals surface area contributed by atoms with Crippen molar-refractivity contribution in [3.05, 3.63) is 30.1 Å². The highest BCUT2D eigenvalue weighted by atomic mass is 14.8. The third-order valence-electron chi connectivity index (χ3n) is 2.95. The van der Waals surface area contributed by atoms with Crippen LogP contribution in [0, 0.1) is 5.41 Å². The Morgan fingerprint density at radius 1 is 1.50 bits per heavy atom. The summed E-state index contributed by atoms with van der Waals surface area (Å²) in [6, 6.07) is 4.38. The second-order valence-electron chi connectivity index (χ2n) is 4.11. The van der Waals surface area contributed by atoms with E-state index in [-0.39, 0.29) is 5.41 Å². The predicted molar refractivity (Wildman–Crippen MR) is 48.7 cm³/mol. The topological polar surface area (TPSA) is 38.9 Å². The summed E-state index contributed by atoms with van der Waals surface area (Å²) in [6.45, 7) is 4.41. The van der Waals surface area contributed by atoms with Crippen molar-refractivity contribution in [2.75, 3.05) is 0 Å². The first-order chi connectivity index (χ1) is 5.64.